The molecular weight excluding hydrogens is 252 g/mol. The molecule has 5 heteroatoms. The number of nitrogens with two attached hydrogens (primary N) is 1. The molecule has 1 aromatic heterocycles. The number of ether oxygens (including phenoxy) is 1. The quantitative estimate of drug-likeness (QED) is 0.895. The third-order valence-electron chi connectivity index (χ3n) is 3.32. The molecule has 0 radical (unpaired) electrons. The summed E-state index contributed by atoms with van der Waals surface area (Å²) < 4.78 is 5.36. The summed E-state index contributed by atoms with van der Waals surface area (Å²) in [4.78, 5) is 6.39. The van der Waals surface area contributed by atoms with Crippen molar-refractivity contribution >= 4 is 22.9 Å². The molecule has 1 fully saturated rings. The zero-order chi connectivity index (χ0) is 13.8. The number of rotatable bonds is 3. The Balaban J connectivity index is 1.67. The number of pyridine rings is 1. The van der Waals surface area contributed by atoms with Crippen molar-refractivity contribution in [1.29, 1.82) is 0 Å². The molecule has 0 saturated carbocycles. The van der Waals surface area contributed by atoms with E-state index in [4.69, 9.17) is 10.5 Å². The summed E-state index contributed by atoms with van der Waals surface area (Å²) in [5.74, 6) is 0.526. The van der Waals surface area contributed by atoms with Gasteiger partial charge in [-0.2, -0.15) is 0 Å². The summed E-state index contributed by atoms with van der Waals surface area (Å²) in [5, 5.41) is 3.30. The number of anilines is 4. The first-order valence-corrected chi connectivity index (χ1v) is 6.72. The van der Waals surface area contributed by atoms with Crippen molar-refractivity contribution in [2.24, 2.45) is 0 Å². The van der Waals surface area contributed by atoms with Gasteiger partial charge in [-0.1, -0.05) is 0 Å². The van der Waals surface area contributed by atoms with Crippen molar-refractivity contribution in [2.45, 2.75) is 0 Å². The lowest BCUT2D eigenvalue weighted by Gasteiger charge is -2.28. The molecule has 0 bridgehead atoms. The Morgan fingerprint density at radius 1 is 1.00 bits per heavy atom. The van der Waals surface area contributed by atoms with Crippen LogP contribution >= 0.6 is 0 Å². The Morgan fingerprint density at radius 3 is 2.35 bits per heavy atom. The van der Waals surface area contributed by atoms with E-state index in [0.29, 0.717) is 5.82 Å². The van der Waals surface area contributed by atoms with E-state index in [1.165, 1.54) is 5.69 Å². The first kappa shape index (κ1) is 12.7. The topological polar surface area (TPSA) is 63.4 Å². The molecule has 20 heavy (non-hydrogen) atoms. The molecule has 104 valence electrons. The van der Waals surface area contributed by atoms with Crippen LogP contribution in [0.1, 0.15) is 0 Å². The van der Waals surface area contributed by atoms with Crippen LogP contribution in [0.25, 0.3) is 0 Å². The van der Waals surface area contributed by atoms with E-state index in [9.17, 15) is 0 Å². The highest BCUT2D eigenvalue weighted by Crippen LogP contribution is 2.21. The lowest BCUT2D eigenvalue weighted by Crippen LogP contribution is -2.36. The van der Waals surface area contributed by atoms with Gasteiger partial charge >= 0.3 is 0 Å². The number of hydrogen-bond donors (Lipinski definition) is 2. The van der Waals surface area contributed by atoms with E-state index < -0.39 is 0 Å². The van der Waals surface area contributed by atoms with Gasteiger partial charge in [0.05, 0.1) is 25.1 Å². The molecule has 2 aromatic rings. The van der Waals surface area contributed by atoms with E-state index in [1.807, 2.05) is 6.07 Å². The van der Waals surface area contributed by atoms with Crippen molar-refractivity contribution in [3.05, 3.63) is 42.6 Å². The minimum Gasteiger partial charge on any atom is -0.384 e. The molecule has 1 aliphatic rings. The minimum atomic E-state index is 0.526. The predicted octanol–water partition coefficient (Wildman–Crippen LogP) is 2.24. The molecule has 1 saturated heterocycles. The SMILES string of the molecule is Nc1ccc(Nc2ccc(N3CCOCC3)cc2)cn1. The van der Waals surface area contributed by atoms with Crippen LogP contribution in [-0.4, -0.2) is 31.3 Å². The van der Waals surface area contributed by atoms with Crippen molar-refractivity contribution in [1.82, 2.24) is 4.98 Å². The molecule has 0 aliphatic carbocycles. The molecule has 0 atom stereocenters. The van der Waals surface area contributed by atoms with E-state index >= 15 is 0 Å². The normalized spacial score (nSPS) is 15.1. The molecule has 3 rings (SSSR count). The summed E-state index contributed by atoms with van der Waals surface area (Å²) in [7, 11) is 0. The van der Waals surface area contributed by atoms with Crippen molar-refractivity contribution < 1.29 is 4.74 Å². The molecule has 0 unspecified atom stereocenters. The predicted molar refractivity (Wildman–Crippen MR) is 81.4 cm³/mol. The maximum atomic E-state index is 5.57. The van der Waals surface area contributed by atoms with Gasteiger partial charge in [-0.25, -0.2) is 4.98 Å². The Labute approximate surface area is 118 Å². The zero-order valence-electron chi connectivity index (χ0n) is 11.2. The van der Waals surface area contributed by atoms with E-state index in [-0.39, 0.29) is 0 Å². The summed E-state index contributed by atoms with van der Waals surface area (Å²) in [6, 6.07) is 12.1. The van der Waals surface area contributed by atoms with E-state index in [2.05, 4.69) is 39.5 Å². The zero-order valence-corrected chi connectivity index (χ0v) is 11.2. The number of benzene rings is 1. The third kappa shape index (κ3) is 3.00. The summed E-state index contributed by atoms with van der Waals surface area (Å²) in [5.41, 5.74) is 8.76. The molecule has 0 amide bonds. The van der Waals surface area contributed by atoms with Gasteiger partial charge in [0.1, 0.15) is 5.82 Å². The number of nitrogens with zero attached hydrogens (tertiary/aromatic N) is 2. The van der Waals surface area contributed by atoms with Gasteiger partial charge in [-0.05, 0) is 36.4 Å². The van der Waals surface area contributed by atoms with Gasteiger partial charge in [0.25, 0.3) is 0 Å². The lowest BCUT2D eigenvalue weighted by atomic mass is 10.2. The van der Waals surface area contributed by atoms with Crippen LogP contribution in [-0.2, 0) is 4.74 Å². The van der Waals surface area contributed by atoms with Crippen LogP contribution in [0, 0.1) is 0 Å². The largest absolute Gasteiger partial charge is 0.384 e. The standard InChI is InChI=1S/C15H18N4O/c16-15-6-3-13(11-17-15)18-12-1-4-14(5-2-12)19-7-9-20-10-8-19/h1-6,11,18H,7-10H2,(H2,16,17). The lowest BCUT2D eigenvalue weighted by molar-refractivity contribution is 0.122. The fourth-order valence-electron chi connectivity index (χ4n) is 2.22. The van der Waals surface area contributed by atoms with Gasteiger partial charge in [-0.15, -0.1) is 0 Å². The number of nitrogens with one attached hydrogen (secondary N) is 1. The van der Waals surface area contributed by atoms with Crippen molar-refractivity contribution in [3.63, 3.8) is 0 Å². The van der Waals surface area contributed by atoms with Crippen LogP contribution in [0.2, 0.25) is 0 Å². The number of aromatic nitrogens is 1. The van der Waals surface area contributed by atoms with Crippen LogP contribution < -0.4 is 16.0 Å². The molecule has 5 nitrogen and oxygen atoms in total. The first-order chi connectivity index (χ1) is 9.81. The van der Waals surface area contributed by atoms with Gasteiger partial charge < -0.3 is 20.7 Å². The molecule has 1 aliphatic heterocycles. The Kier molecular flexibility index (Phi) is 3.69. The highest BCUT2D eigenvalue weighted by molar-refractivity contribution is 5.63. The Morgan fingerprint density at radius 2 is 1.70 bits per heavy atom. The average molecular weight is 270 g/mol. The fraction of sp³-hybridized carbons (Fsp3) is 0.267. The van der Waals surface area contributed by atoms with Gasteiger partial charge in [0.2, 0.25) is 0 Å². The minimum absolute atomic E-state index is 0.526. The average Bonchev–Trinajstić information content (AvgIpc) is 2.51. The van der Waals surface area contributed by atoms with Gasteiger partial charge in [0, 0.05) is 24.5 Å². The fourth-order valence-corrected chi connectivity index (χ4v) is 2.22. The third-order valence-corrected chi connectivity index (χ3v) is 3.32. The van der Waals surface area contributed by atoms with Gasteiger partial charge in [-0.3, -0.25) is 0 Å². The van der Waals surface area contributed by atoms with Crippen molar-refractivity contribution in [3.8, 4) is 0 Å². The molecule has 3 N–H and O–H groups in total. The van der Waals surface area contributed by atoms with Gasteiger partial charge in [0.15, 0.2) is 0 Å². The smallest absolute Gasteiger partial charge is 0.123 e. The van der Waals surface area contributed by atoms with Crippen LogP contribution in [0.4, 0.5) is 22.9 Å². The van der Waals surface area contributed by atoms with Crippen LogP contribution in [0.3, 0.4) is 0 Å². The first-order valence-electron chi connectivity index (χ1n) is 6.72. The monoisotopic (exact) mass is 270 g/mol. The van der Waals surface area contributed by atoms with Crippen LogP contribution in [0.15, 0.2) is 42.6 Å². The summed E-state index contributed by atoms with van der Waals surface area (Å²) >= 11 is 0. The van der Waals surface area contributed by atoms with E-state index in [1.54, 1.807) is 12.3 Å². The van der Waals surface area contributed by atoms with Crippen LogP contribution in [0.5, 0.6) is 0 Å². The number of morpholine rings is 1. The highest BCUT2D eigenvalue weighted by Gasteiger charge is 2.10. The number of hydrogen-bond acceptors (Lipinski definition) is 5. The Hall–Kier alpha value is -2.27. The Bertz CT molecular complexity index is 547. The maximum Gasteiger partial charge on any atom is 0.123 e. The maximum absolute atomic E-state index is 5.57. The van der Waals surface area contributed by atoms with E-state index in [0.717, 1.165) is 37.7 Å². The van der Waals surface area contributed by atoms with Crippen molar-refractivity contribution in [2.75, 3.05) is 42.3 Å². The second-order valence-corrected chi connectivity index (χ2v) is 4.74. The molecule has 0 spiro atoms. The highest BCUT2D eigenvalue weighted by atomic mass is 16.5. The molecule has 1 aromatic carbocycles. The second kappa shape index (κ2) is 5.79. The molecule has 2 heterocycles. The number of nitrogen functional groups attached to an aromatic ring is 1. The summed E-state index contributed by atoms with van der Waals surface area (Å²) in [6.45, 7) is 3.51. The molecular formula is C15H18N4O. The summed E-state index contributed by atoms with van der Waals surface area (Å²) in [6.07, 6.45) is 1.73. The second-order valence-electron chi connectivity index (χ2n) is 4.74.